The summed E-state index contributed by atoms with van der Waals surface area (Å²) < 4.78 is 0.928. The predicted molar refractivity (Wildman–Crippen MR) is 63.5 cm³/mol. The van der Waals surface area contributed by atoms with E-state index in [4.69, 9.17) is 0 Å². The van der Waals surface area contributed by atoms with Crippen molar-refractivity contribution in [3.05, 3.63) is 40.6 Å². The van der Waals surface area contributed by atoms with Crippen LogP contribution in [0.15, 0.2) is 35.1 Å². The minimum absolute atomic E-state index is 0.549. The average Bonchev–Trinajstić information content (AvgIpc) is 2.17. The van der Waals surface area contributed by atoms with Gasteiger partial charge < -0.3 is 0 Å². The summed E-state index contributed by atoms with van der Waals surface area (Å²) in [5.41, 5.74) is 1.38. The van der Waals surface area contributed by atoms with Gasteiger partial charge in [0.1, 0.15) is 4.60 Å². The van der Waals surface area contributed by atoms with Crippen molar-refractivity contribution in [1.82, 2.24) is 4.98 Å². The molecular weight excluding hydrogens is 238 g/mol. The molecule has 0 saturated heterocycles. The van der Waals surface area contributed by atoms with Crippen molar-refractivity contribution < 1.29 is 0 Å². The van der Waals surface area contributed by atoms with Crippen LogP contribution in [0.1, 0.15) is 25.3 Å². The van der Waals surface area contributed by atoms with Crippen molar-refractivity contribution in [3.63, 3.8) is 0 Å². The third-order valence-electron chi connectivity index (χ3n) is 2.41. The van der Waals surface area contributed by atoms with Crippen molar-refractivity contribution >= 4 is 26.7 Å². The number of pyridine rings is 1. The molecule has 14 heavy (non-hydrogen) atoms. The fourth-order valence-electron chi connectivity index (χ4n) is 1.70. The van der Waals surface area contributed by atoms with Crippen molar-refractivity contribution in [3.8, 4) is 0 Å². The molecule has 1 nitrogen and oxygen atoms in total. The molecule has 0 unspecified atom stereocenters. The summed E-state index contributed by atoms with van der Waals surface area (Å²) in [6.07, 6.45) is 1.85. The topological polar surface area (TPSA) is 12.9 Å². The first-order valence-corrected chi connectivity index (χ1v) is 5.52. The van der Waals surface area contributed by atoms with E-state index in [-0.39, 0.29) is 0 Å². The van der Waals surface area contributed by atoms with Crippen LogP contribution in [0.25, 0.3) is 10.8 Å². The van der Waals surface area contributed by atoms with Crippen LogP contribution in [0, 0.1) is 0 Å². The molecule has 1 aromatic carbocycles. The molecule has 0 spiro atoms. The molecule has 2 rings (SSSR count). The van der Waals surface area contributed by atoms with Gasteiger partial charge in [-0.25, -0.2) is 4.98 Å². The van der Waals surface area contributed by atoms with E-state index >= 15 is 0 Å². The second kappa shape index (κ2) is 3.70. The van der Waals surface area contributed by atoms with E-state index in [0.717, 1.165) is 4.60 Å². The van der Waals surface area contributed by atoms with Gasteiger partial charge in [-0.2, -0.15) is 0 Å². The third-order valence-corrected chi connectivity index (χ3v) is 3.05. The van der Waals surface area contributed by atoms with E-state index in [1.807, 2.05) is 6.20 Å². The molecule has 1 heterocycles. The summed E-state index contributed by atoms with van der Waals surface area (Å²) in [6, 6.07) is 8.44. The van der Waals surface area contributed by atoms with Crippen LogP contribution < -0.4 is 0 Å². The summed E-state index contributed by atoms with van der Waals surface area (Å²) >= 11 is 3.47. The summed E-state index contributed by atoms with van der Waals surface area (Å²) in [6.45, 7) is 4.42. The van der Waals surface area contributed by atoms with Crippen molar-refractivity contribution in [2.24, 2.45) is 0 Å². The highest BCUT2D eigenvalue weighted by Gasteiger charge is 2.06. The van der Waals surface area contributed by atoms with E-state index in [1.165, 1.54) is 16.3 Å². The van der Waals surface area contributed by atoms with E-state index in [1.54, 1.807) is 0 Å². The number of hydrogen-bond donors (Lipinski definition) is 0. The van der Waals surface area contributed by atoms with Crippen LogP contribution in [0.5, 0.6) is 0 Å². The summed E-state index contributed by atoms with van der Waals surface area (Å²) in [7, 11) is 0. The minimum Gasteiger partial charge on any atom is -0.249 e. The molecule has 72 valence electrons. The van der Waals surface area contributed by atoms with Crippen LogP contribution in [-0.4, -0.2) is 4.98 Å². The first-order valence-electron chi connectivity index (χ1n) is 4.73. The Morgan fingerprint density at radius 2 is 1.93 bits per heavy atom. The van der Waals surface area contributed by atoms with Crippen LogP contribution in [0.4, 0.5) is 0 Å². The van der Waals surface area contributed by atoms with Gasteiger partial charge in [-0.1, -0.05) is 32.0 Å². The molecule has 0 aliphatic rings. The first kappa shape index (κ1) is 9.66. The summed E-state index contributed by atoms with van der Waals surface area (Å²) in [5, 5.41) is 2.49. The maximum atomic E-state index is 4.22. The predicted octanol–water partition coefficient (Wildman–Crippen LogP) is 4.12. The second-order valence-electron chi connectivity index (χ2n) is 3.70. The molecule has 0 fully saturated rings. The molecule has 2 heteroatoms. The van der Waals surface area contributed by atoms with Gasteiger partial charge >= 0.3 is 0 Å². The zero-order valence-electron chi connectivity index (χ0n) is 8.29. The molecule has 0 aliphatic heterocycles. The monoisotopic (exact) mass is 249 g/mol. The fraction of sp³-hybridized carbons (Fsp3) is 0.250. The largest absolute Gasteiger partial charge is 0.249 e. The molecule has 0 aliphatic carbocycles. The highest BCUT2D eigenvalue weighted by molar-refractivity contribution is 9.10. The Balaban J connectivity index is 2.81. The highest BCUT2D eigenvalue weighted by Crippen LogP contribution is 2.28. The minimum atomic E-state index is 0.549. The average molecular weight is 250 g/mol. The lowest BCUT2D eigenvalue weighted by Crippen LogP contribution is -1.90. The standard InChI is InChI=1S/C12H12BrN/c1-8(2)9-4-3-5-11-10(9)6-7-14-12(11)13/h3-8H,1-2H3. The molecule has 0 bridgehead atoms. The molecule has 0 saturated carbocycles. The van der Waals surface area contributed by atoms with Crippen LogP contribution >= 0.6 is 15.9 Å². The Hall–Kier alpha value is -0.890. The normalized spacial score (nSPS) is 11.1. The van der Waals surface area contributed by atoms with Crippen LogP contribution in [-0.2, 0) is 0 Å². The zero-order chi connectivity index (χ0) is 10.1. The van der Waals surface area contributed by atoms with E-state index in [9.17, 15) is 0 Å². The van der Waals surface area contributed by atoms with E-state index in [0.29, 0.717) is 5.92 Å². The highest BCUT2D eigenvalue weighted by atomic mass is 79.9. The van der Waals surface area contributed by atoms with Gasteiger partial charge in [0.15, 0.2) is 0 Å². The fourth-order valence-corrected chi connectivity index (χ4v) is 2.16. The van der Waals surface area contributed by atoms with Crippen LogP contribution in [0.3, 0.4) is 0 Å². The first-order chi connectivity index (χ1) is 6.70. The number of fused-ring (bicyclic) bond motifs is 1. The van der Waals surface area contributed by atoms with Crippen molar-refractivity contribution in [1.29, 1.82) is 0 Å². The van der Waals surface area contributed by atoms with E-state index in [2.05, 4.69) is 59.0 Å². The van der Waals surface area contributed by atoms with Gasteiger partial charge in [-0.15, -0.1) is 0 Å². The number of nitrogens with zero attached hydrogens (tertiary/aromatic N) is 1. The van der Waals surface area contributed by atoms with Gasteiger partial charge in [-0.05, 0) is 38.9 Å². The van der Waals surface area contributed by atoms with Gasteiger partial charge in [-0.3, -0.25) is 0 Å². The lowest BCUT2D eigenvalue weighted by molar-refractivity contribution is 0.876. The van der Waals surface area contributed by atoms with Crippen molar-refractivity contribution in [2.75, 3.05) is 0 Å². The SMILES string of the molecule is CC(C)c1cccc2c(Br)nccc12. The van der Waals surface area contributed by atoms with Gasteiger partial charge in [0, 0.05) is 11.6 Å². The van der Waals surface area contributed by atoms with E-state index < -0.39 is 0 Å². The summed E-state index contributed by atoms with van der Waals surface area (Å²) in [5.74, 6) is 0.549. The second-order valence-corrected chi connectivity index (χ2v) is 4.45. The number of aromatic nitrogens is 1. The lowest BCUT2D eigenvalue weighted by Gasteiger charge is -2.09. The van der Waals surface area contributed by atoms with Crippen LogP contribution in [0.2, 0.25) is 0 Å². The van der Waals surface area contributed by atoms with Gasteiger partial charge in [0.25, 0.3) is 0 Å². The Morgan fingerprint density at radius 3 is 2.64 bits per heavy atom. The molecule has 1 aromatic heterocycles. The molecule has 0 amide bonds. The number of benzene rings is 1. The Kier molecular flexibility index (Phi) is 2.55. The molecule has 0 atom stereocenters. The number of halogens is 1. The Bertz CT molecular complexity index is 463. The number of rotatable bonds is 1. The molecule has 2 aromatic rings. The lowest BCUT2D eigenvalue weighted by atomic mass is 9.97. The Labute approximate surface area is 92.3 Å². The smallest absolute Gasteiger partial charge is 0.113 e. The van der Waals surface area contributed by atoms with Gasteiger partial charge in [0.2, 0.25) is 0 Å². The maximum Gasteiger partial charge on any atom is 0.113 e. The third kappa shape index (κ3) is 1.55. The number of hydrogen-bond acceptors (Lipinski definition) is 1. The molecular formula is C12H12BrN. The van der Waals surface area contributed by atoms with Crippen molar-refractivity contribution in [2.45, 2.75) is 19.8 Å². The molecule has 0 radical (unpaired) electrons. The Morgan fingerprint density at radius 1 is 1.14 bits per heavy atom. The molecule has 0 N–H and O–H groups in total. The maximum absolute atomic E-state index is 4.22. The quantitative estimate of drug-likeness (QED) is 0.693. The zero-order valence-corrected chi connectivity index (χ0v) is 9.88. The van der Waals surface area contributed by atoms with Gasteiger partial charge in [0.05, 0.1) is 0 Å². The summed E-state index contributed by atoms with van der Waals surface area (Å²) in [4.78, 5) is 4.22.